The molecule has 2 N–H and O–H groups in total. The molecule has 0 spiro atoms. The molecule has 7 nitrogen and oxygen atoms in total. The number of benzene rings is 2. The van der Waals surface area contributed by atoms with Crippen molar-refractivity contribution in [3.05, 3.63) is 59.7 Å². The van der Waals surface area contributed by atoms with E-state index < -0.39 is 0 Å². The van der Waals surface area contributed by atoms with Crippen molar-refractivity contribution in [1.29, 1.82) is 0 Å². The van der Waals surface area contributed by atoms with Gasteiger partial charge in [0, 0.05) is 37.3 Å². The van der Waals surface area contributed by atoms with Crippen molar-refractivity contribution in [1.82, 2.24) is 10.2 Å². The highest BCUT2D eigenvalue weighted by Crippen LogP contribution is 2.23. The summed E-state index contributed by atoms with van der Waals surface area (Å²) in [6.45, 7) is 4.57. The van der Waals surface area contributed by atoms with Crippen molar-refractivity contribution in [3.63, 3.8) is 0 Å². The zero-order valence-corrected chi connectivity index (χ0v) is 15.9. The fourth-order valence-electron chi connectivity index (χ4n) is 3.00. The van der Waals surface area contributed by atoms with Crippen molar-refractivity contribution >= 4 is 17.5 Å². The van der Waals surface area contributed by atoms with Crippen LogP contribution in [0.3, 0.4) is 0 Å². The van der Waals surface area contributed by atoms with Crippen LogP contribution in [-0.4, -0.2) is 63.2 Å². The molecule has 1 saturated heterocycles. The molecule has 1 fully saturated rings. The van der Waals surface area contributed by atoms with Crippen LogP contribution in [0.1, 0.15) is 20.7 Å². The topological polar surface area (TPSA) is 79.9 Å². The molecule has 28 heavy (non-hydrogen) atoms. The van der Waals surface area contributed by atoms with E-state index in [0.29, 0.717) is 29.1 Å². The van der Waals surface area contributed by atoms with Gasteiger partial charge in [-0.3, -0.25) is 14.5 Å². The number of para-hydroxylation sites is 2. The minimum atomic E-state index is -0.299. The fraction of sp³-hybridized carbons (Fsp3) is 0.333. The zero-order valence-electron chi connectivity index (χ0n) is 15.9. The van der Waals surface area contributed by atoms with E-state index in [-0.39, 0.29) is 11.8 Å². The maximum atomic E-state index is 12.6. The lowest BCUT2D eigenvalue weighted by molar-refractivity contribution is 0.0383. The number of ether oxygens (including phenoxy) is 2. The molecule has 148 valence electrons. The molecule has 1 aliphatic rings. The Morgan fingerprint density at radius 3 is 2.50 bits per heavy atom. The summed E-state index contributed by atoms with van der Waals surface area (Å²) in [5.41, 5.74) is 1.44. The molecule has 1 aliphatic heterocycles. The van der Waals surface area contributed by atoms with E-state index in [1.54, 1.807) is 43.5 Å². The quantitative estimate of drug-likeness (QED) is 0.765. The second-order valence-electron chi connectivity index (χ2n) is 6.45. The maximum absolute atomic E-state index is 12.6. The smallest absolute Gasteiger partial charge is 0.255 e. The van der Waals surface area contributed by atoms with Gasteiger partial charge in [-0.2, -0.15) is 0 Å². The summed E-state index contributed by atoms with van der Waals surface area (Å²) < 4.78 is 10.6. The van der Waals surface area contributed by atoms with Gasteiger partial charge < -0.3 is 20.1 Å². The summed E-state index contributed by atoms with van der Waals surface area (Å²) in [6, 6.07) is 13.8. The van der Waals surface area contributed by atoms with Gasteiger partial charge in [0.25, 0.3) is 11.8 Å². The van der Waals surface area contributed by atoms with Crippen molar-refractivity contribution in [2.24, 2.45) is 0 Å². The summed E-state index contributed by atoms with van der Waals surface area (Å²) >= 11 is 0. The number of amides is 2. The highest BCUT2D eigenvalue weighted by molar-refractivity contribution is 6.06. The molecular weight excluding hydrogens is 358 g/mol. The lowest BCUT2D eigenvalue weighted by atomic mass is 10.1. The molecule has 3 rings (SSSR count). The molecule has 2 aromatic rings. The summed E-state index contributed by atoms with van der Waals surface area (Å²) in [7, 11) is 1.55. The second-order valence-corrected chi connectivity index (χ2v) is 6.45. The number of hydrogen-bond acceptors (Lipinski definition) is 5. The Morgan fingerprint density at radius 2 is 1.75 bits per heavy atom. The lowest BCUT2D eigenvalue weighted by Gasteiger charge is -2.26. The van der Waals surface area contributed by atoms with Crippen LogP contribution in [0.25, 0.3) is 0 Å². The highest BCUT2D eigenvalue weighted by atomic mass is 16.5. The van der Waals surface area contributed by atoms with Crippen molar-refractivity contribution < 1.29 is 19.1 Å². The van der Waals surface area contributed by atoms with Gasteiger partial charge in [0.2, 0.25) is 0 Å². The monoisotopic (exact) mass is 383 g/mol. The molecule has 7 heteroatoms. The molecule has 0 radical (unpaired) electrons. The van der Waals surface area contributed by atoms with Crippen molar-refractivity contribution in [2.45, 2.75) is 0 Å². The van der Waals surface area contributed by atoms with E-state index in [9.17, 15) is 9.59 Å². The summed E-state index contributed by atoms with van der Waals surface area (Å²) in [5, 5.41) is 5.72. The van der Waals surface area contributed by atoms with Crippen LogP contribution in [0.4, 0.5) is 5.69 Å². The number of rotatable bonds is 7. The van der Waals surface area contributed by atoms with Gasteiger partial charge >= 0.3 is 0 Å². The second kappa shape index (κ2) is 9.87. The zero-order chi connectivity index (χ0) is 19.8. The molecule has 2 aromatic carbocycles. The van der Waals surface area contributed by atoms with Crippen molar-refractivity contribution in [3.8, 4) is 5.75 Å². The first-order valence-corrected chi connectivity index (χ1v) is 9.30. The number of methoxy groups -OCH3 is 1. The van der Waals surface area contributed by atoms with E-state index in [1.807, 2.05) is 12.1 Å². The fourth-order valence-corrected chi connectivity index (χ4v) is 3.00. The largest absolute Gasteiger partial charge is 0.495 e. The Hall–Kier alpha value is -2.90. The predicted molar refractivity (Wildman–Crippen MR) is 107 cm³/mol. The molecule has 0 aromatic heterocycles. The van der Waals surface area contributed by atoms with Crippen LogP contribution in [0.15, 0.2) is 48.5 Å². The third-order valence-electron chi connectivity index (χ3n) is 4.56. The molecule has 0 saturated carbocycles. The molecule has 1 heterocycles. The Morgan fingerprint density at radius 1 is 1.04 bits per heavy atom. The number of nitrogens with zero attached hydrogens (tertiary/aromatic N) is 1. The molecule has 0 bridgehead atoms. The third-order valence-corrected chi connectivity index (χ3v) is 4.56. The first-order valence-electron chi connectivity index (χ1n) is 9.30. The number of carbonyl (C=O) groups is 2. The van der Waals surface area contributed by atoms with Gasteiger partial charge in [0.15, 0.2) is 0 Å². The summed E-state index contributed by atoms with van der Waals surface area (Å²) in [6.07, 6.45) is 0. The minimum Gasteiger partial charge on any atom is -0.495 e. The van der Waals surface area contributed by atoms with E-state index in [0.717, 1.165) is 32.8 Å². The SMILES string of the molecule is COc1ccccc1NC(=O)c1cccc(C(=O)NCCN2CCOCC2)c1. The van der Waals surface area contributed by atoms with Crippen LogP contribution >= 0.6 is 0 Å². The number of hydrogen-bond donors (Lipinski definition) is 2. The van der Waals surface area contributed by atoms with Gasteiger partial charge in [-0.25, -0.2) is 0 Å². The molecule has 0 unspecified atom stereocenters. The first-order chi connectivity index (χ1) is 13.7. The molecular formula is C21H25N3O4. The van der Waals surface area contributed by atoms with E-state index >= 15 is 0 Å². The van der Waals surface area contributed by atoms with Crippen molar-refractivity contribution in [2.75, 3.05) is 51.8 Å². The van der Waals surface area contributed by atoms with Crippen LogP contribution in [0, 0.1) is 0 Å². The average Bonchev–Trinajstić information content (AvgIpc) is 2.75. The van der Waals surface area contributed by atoms with E-state index in [1.165, 1.54) is 0 Å². The number of nitrogens with one attached hydrogen (secondary N) is 2. The van der Waals surface area contributed by atoms with Crippen LogP contribution in [0.5, 0.6) is 5.75 Å². The van der Waals surface area contributed by atoms with Crippen LogP contribution in [0.2, 0.25) is 0 Å². The third kappa shape index (κ3) is 5.31. The van der Waals surface area contributed by atoms with E-state index in [2.05, 4.69) is 15.5 Å². The van der Waals surface area contributed by atoms with Crippen LogP contribution in [-0.2, 0) is 4.74 Å². The van der Waals surface area contributed by atoms with Crippen LogP contribution < -0.4 is 15.4 Å². The van der Waals surface area contributed by atoms with Gasteiger partial charge in [0.05, 0.1) is 26.0 Å². The normalized spacial score (nSPS) is 14.3. The molecule has 2 amide bonds. The summed E-state index contributed by atoms with van der Waals surface area (Å²) in [4.78, 5) is 27.2. The Balaban J connectivity index is 1.57. The molecule has 0 aliphatic carbocycles. The number of carbonyl (C=O) groups excluding carboxylic acids is 2. The minimum absolute atomic E-state index is 0.194. The van der Waals surface area contributed by atoms with E-state index in [4.69, 9.17) is 9.47 Å². The maximum Gasteiger partial charge on any atom is 0.255 e. The average molecular weight is 383 g/mol. The highest BCUT2D eigenvalue weighted by Gasteiger charge is 2.14. The lowest BCUT2D eigenvalue weighted by Crippen LogP contribution is -2.41. The predicted octanol–water partition coefficient (Wildman–Crippen LogP) is 2.01. The Bertz CT molecular complexity index is 819. The van der Waals surface area contributed by atoms with Gasteiger partial charge in [0.1, 0.15) is 5.75 Å². The van der Waals surface area contributed by atoms with Gasteiger partial charge in [-0.05, 0) is 30.3 Å². The van der Waals surface area contributed by atoms with Gasteiger partial charge in [-0.1, -0.05) is 18.2 Å². The Kier molecular flexibility index (Phi) is 7.00. The summed E-state index contributed by atoms with van der Waals surface area (Å²) in [5.74, 6) is 0.0838. The number of anilines is 1. The molecule has 0 atom stereocenters. The first kappa shape index (κ1) is 19.9. The van der Waals surface area contributed by atoms with Gasteiger partial charge in [-0.15, -0.1) is 0 Å². The Labute approximate surface area is 164 Å². The standard InChI is InChI=1S/C21H25N3O4/c1-27-19-8-3-2-7-18(19)23-21(26)17-6-4-5-16(15-17)20(25)22-9-10-24-11-13-28-14-12-24/h2-8,15H,9-14H2,1H3,(H,22,25)(H,23,26). The number of morpholine rings is 1.